The second kappa shape index (κ2) is 8.13. The molecule has 0 saturated carbocycles. The molecule has 2 aromatic rings. The molecule has 6 nitrogen and oxygen atoms in total. The van der Waals surface area contributed by atoms with Gasteiger partial charge in [-0.15, -0.1) is 0 Å². The van der Waals surface area contributed by atoms with Crippen molar-refractivity contribution in [1.29, 1.82) is 0 Å². The van der Waals surface area contributed by atoms with Crippen molar-refractivity contribution >= 4 is 22.7 Å². The molecule has 0 aliphatic carbocycles. The van der Waals surface area contributed by atoms with E-state index in [-0.39, 0.29) is 11.8 Å². The molecule has 6 heteroatoms. The van der Waals surface area contributed by atoms with Gasteiger partial charge in [-0.2, -0.15) is 0 Å². The number of nitrogens with zero attached hydrogens (tertiary/aromatic N) is 3. The molecular formula is C21H30N4O2. The van der Waals surface area contributed by atoms with Gasteiger partial charge < -0.3 is 14.8 Å². The largest absolute Gasteiger partial charge is 0.351 e. The molecule has 1 aliphatic rings. The molecule has 1 fully saturated rings. The summed E-state index contributed by atoms with van der Waals surface area (Å²) < 4.78 is 0. The first kappa shape index (κ1) is 19.4. The van der Waals surface area contributed by atoms with Gasteiger partial charge in [-0.3, -0.25) is 14.5 Å². The van der Waals surface area contributed by atoms with E-state index in [1.165, 1.54) is 11.1 Å². The summed E-state index contributed by atoms with van der Waals surface area (Å²) in [6.07, 6.45) is 0. The number of nitrogens with one attached hydrogen (secondary N) is 1. The van der Waals surface area contributed by atoms with Crippen LogP contribution in [0.4, 0.5) is 0 Å². The van der Waals surface area contributed by atoms with Gasteiger partial charge in [-0.05, 0) is 51.0 Å². The molecule has 146 valence electrons. The van der Waals surface area contributed by atoms with E-state index in [1.807, 2.05) is 29.7 Å². The highest BCUT2D eigenvalue weighted by molar-refractivity contribution is 5.99. The number of carbonyl (C=O) groups is 2. The van der Waals surface area contributed by atoms with Crippen LogP contribution in [-0.4, -0.2) is 77.3 Å². The fraction of sp³-hybridized carbons (Fsp3) is 0.524. The third-order valence-corrected chi connectivity index (χ3v) is 5.45. The Labute approximate surface area is 161 Å². The molecule has 1 aromatic carbocycles. The maximum absolute atomic E-state index is 12.9. The van der Waals surface area contributed by atoms with Crippen LogP contribution in [-0.2, 0) is 4.79 Å². The molecule has 0 atom stereocenters. The van der Waals surface area contributed by atoms with Gasteiger partial charge in [-0.1, -0.05) is 6.07 Å². The number of H-pyrrole nitrogens is 1. The highest BCUT2D eigenvalue weighted by Gasteiger charge is 2.25. The van der Waals surface area contributed by atoms with Crippen molar-refractivity contribution < 1.29 is 9.59 Å². The number of aromatic amines is 1. The molecule has 1 aliphatic heterocycles. The maximum atomic E-state index is 12.9. The molecule has 2 amide bonds. The van der Waals surface area contributed by atoms with Gasteiger partial charge >= 0.3 is 0 Å². The quantitative estimate of drug-likeness (QED) is 0.879. The molecule has 1 aromatic heterocycles. The molecule has 0 unspecified atom stereocenters. The number of amides is 2. The van der Waals surface area contributed by atoms with Crippen molar-refractivity contribution in [3.63, 3.8) is 0 Å². The van der Waals surface area contributed by atoms with Gasteiger partial charge in [0, 0.05) is 50.2 Å². The molecule has 0 spiro atoms. The van der Waals surface area contributed by atoms with E-state index in [1.54, 1.807) is 0 Å². The Balaban J connectivity index is 1.62. The van der Waals surface area contributed by atoms with Crippen LogP contribution in [0.15, 0.2) is 18.2 Å². The van der Waals surface area contributed by atoms with Crippen LogP contribution in [0.5, 0.6) is 0 Å². The fourth-order valence-corrected chi connectivity index (χ4v) is 3.86. The summed E-state index contributed by atoms with van der Waals surface area (Å²) in [5.41, 5.74) is 4.03. The number of piperazine rings is 1. The first-order valence-corrected chi connectivity index (χ1v) is 9.82. The van der Waals surface area contributed by atoms with E-state index >= 15 is 0 Å². The number of carbonyl (C=O) groups excluding carboxylic acids is 2. The average Bonchev–Trinajstić information content (AvgIpc) is 3.07. The van der Waals surface area contributed by atoms with E-state index in [4.69, 9.17) is 0 Å². The highest BCUT2D eigenvalue weighted by Crippen LogP contribution is 2.22. The normalized spacial score (nSPS) is 15.3. The Morgan fingerprint density at radius 2 is 1.70 bits per heavy atom. The zero-order valence-electron chi connectivity index (χ0n) is 16.8. The fourth-order valence-electron chi connectivity index (χ4n) is 3.86. The van der Waals surface area contributed by atoms with Crippen molar-refractivity contribution in [2.24, 2.45) is 0 Å². The Hall–Kier alpha value is -2.34. The van der Waals surface area contributed by atoms with Crippen molar-refractivity contribution in [3.05, 3.63) is 35.0 Å². The molecule has 0 radical (unpaired) electrons. The lowest BCUT2D eigenvalue weighted by molar-refractivity contribution is -0.132. The van der Waals surface area contributed by atoms with E-state index in [9.17, 15) is 9.59 Å². The van der Waals surface area contributed by atoms with E-state index in [0.29, 0.717) is 25.3 Å². The van der Waals surface area contributed by atoms with E-state index < -0.39 is 0 Å². The number of hydrogen-bond acceptors (Lipinski definition) is 3. The first-order chi connectivity index (χ1) is 12.9. The first-order valence-electron chi connectivity index (χ1n) is 9.82. The van der Waals surface area contributed by atoms with Crippen LogP contribution in [0.25, 0.3) is 10.9 Å². The summed E-state index contributed by atoms with van der Waals surface area (Å²) in [5.74, 6) is 0.208. The second-order valence-electron chi connectivity index (χ2n) is 7.36. The molecular weight excluding hydrogens is 340 g/mol. The third-order valence-electron chi connectivity index (χ3n) is 5.45. The van der Waals surface area contributed by atoms with Crippen molar-refractivity contribution in [3.8, 4) is 0 Å². The third kappa shape index (κ3) is 4.16. The molecule has 1 N–H and O–H groups in total. The molecule has 27 heavy (non-hydrogen) atoms. The van der Waals surface area contributed by atoms with E-state index in [2.05, 4.69) is 35.9 Å². The second-order valence-corrected chi connectivity index (χ2v) is 7.36. The van der Waals surface area contributed by atoms with Crippen molar-refractivity contribution in [1.82, 2.24) is 19.7 Å². The minimum Gasteiger partial charge on any atom is -0.351 e. The summed E-state index contributed by atoms with van der Waals surface area (Å²) in [5, 5.41) is 1.10. The Kier molecular flexibility index (Phi) is 5.85. The molecule has 1 saturated heterocycles. The Morgan fingerprint density at radius 3 is 2.33 bits per heavy atom. The summed E-state index contributed by atoms with van der Waals surface area (Å²) in [6.45, 7) is 12.8. The van der Waals surface area contributed by atoms with E-state index in [0.717, 1.165) is 37.1 Å². The predicted molar refractivity (Wildman–Crippen MR) is 108 cm³/mol. The topological polar surface area (TPSA) is 59.7 Å². The van der Waals surface area contributed by atoms with Gasteiger partial charge in [-0.25, -0.2) is 0 Å². The number of benzene rings is 1. The molecule has 2 heterocycles. The van der Waals surface area contributed by atoms with Crippen LogP contribution >= 0.6 is 0 Å². The van der Waals surface area contributed by atoms with Crippen LogP contribution in [0.2, 0.25) is 0 Å². The lowest BCUT2D eigenvalue weighted by Crippen LogP contribution is -2.51. The number of rotatable bonds is 5. The van der Waals surface area contributed by atoms with Gasteiger partial charge in [0.1, 0.15) is 5.69 Å². The van der Waals surface area contributed by atoms with Crippen LogP contribution < -0.4 is 0 Å². The minimum absolute atomic E-state index is 0.0398. The number of aryl methyl sites for hydroxylation is 2. The van der Waals surface area contributed by atoms with Gasteiger partial charge in [0.05, 0.1) is 6.54 Å². The lowest BCUT2D eigenvalue weighted by Gasteiger charge is -2.35. The number of fused-ring (bicyclic) bond motifs is 1. The van der Waals surface area contributed by atoms with Crippen LogP contribution in [0.1, 0.15) is 35.5 Å². The zero-order valence-corrected chi connectivity index (χ0v) is 16.8. The number of hydrogen-bond donors (Lipinski definition) is 1. The lowest BCUT2D eigenvalue weighted by atomic mass is 10.1. The highest BCUT2D eigenvalue weighted by atomic mass is 16.2. The van der Waals surface area contributed by atoms with Crippen LogP contribution in [0, 0.1) is 13.8 Å². The molecule has 3 rings (SSSR count). The van der Waals surface area contributed by atoms with Crippen molar-refractivity contribution in [2.45, 2.75) is 27.7 Å². The molecule has 0 bridgehead atoms. The maximum Gasteiger partial charge on any atom is 0.270 e. The average molecular weight is 370 g/mol. The van der Waals surface area contributed by atoms with Gasteiger partial charge in [0.25, 0.3) is 5.91 Å². The summed E-state index contributed by atoms with van der Waals surface area (Å²) >= 11 is 0. The van der Waals surface area contributed by atoms with Gasteiger partial charge in [0.2, 0.25) is 5.91 Å². The number of aromatic nitrogens is 1. The van der Waals surface area contributed by atoms with Crippen molar-refractivity contribution in [2.75, 3.05) is 45.8 Å². The van der Waals surface area contributed by atoms with Gasteiger partial charge in [0.15, 0.2) is 0 Å². The SMILES string of the molecule is CCN(CC)C(=O)CN1CCN(C(=O)c2cc3c(C)cc(C)cc3[nH]2)CC1. The number of likely N-dealkylation sites (N-methyl/N-ethyl adjacent to an activating group) is 1. The summed E-state index contributed by atoms with van der Waals surface area (Å²) in [6, 6.07) is 6.18. The zero-order chi connectivity index (χ0) is 19.6. The monoisotopic (exact) mass is 370 g/mol. The predicted octanol–water partition coefficient (Wildman–Crippen LogP) is 2.41. The Bertz CT molecular complexity index is 830. The Morgan fingerprint density at radius 1 is 1.04 bits per heavy atom. The summed E-state index contributed by atoms with van der Waals surface area (Å²) in [7, 11) is 0. The minimum atomic E-state index is 0.0398. The summed E-state index contributed by atoms with van der Waals surface area (Å²) in [4.78, 5) is 34.3. The smallest absolute Gasteiger partial charge is 0.270 e. The standard InChI is InChI=1S/C21H30N4O2/c1-5-24(6-2)20(26)14-23-7-9-25(10-8-23)21(27)19-13-17-16(4)11-15(3)12-18(17)22-19/h11-13,22H,5-10,14H2,1-4H3. The van der Waals surface area contributed by atoms with Crippen LogP contribution in [0.3, 0.4) is 0 Å².